The lowest BCUT2D eigenvalue weighted by molar-refractivity contribution is -0.105. The molecule has 1 heterocycles. The molecular formula is C11H20O. The average molecular weight is 168 g/mol. The Morgan fingerprint density at radius 1 is 1.08 bits per heavy atom. The van der Waals surface area contributed by atoms with Crippen LogP contribution in [0.1, 0.15) is 51.9 Å². The highest BCUT2D eigenvalue weighted by molar-refractivity contribution is 4.88. The van der Waals surface area contributed by atoms with Crippen LogP contribution in [0, 0.1) is 5.92 Å². The Hall–Kier alpha value is -0.0400. The van der Waals surface area contributed by atoms with Gasteiger partial charge < -0.3 is 4.74 Å². The van der Waals surface area contributed by atoms with Crippen LogP contribution in [0.25, 0.3) is 0 Å². The molecule has 0 radical (unpaired) electrons. The van der Waals surface area contributed by atoms with Gasteiger partial charge in [-0.25, -0.2) is 0 Å². The predicted molar refractivity (Wildman–Crippen MR) is 50.2 cm³/mol. The molecule has 1 aliphatic carbocycles. The number of ether oxygens (including phenoxy) is 1. The van der Waals surface area contributed by atoms with Crippen LogP contribution in [-0.2, 0) is 4.74 Å². The molecule has 70 valence electrons. The van der Waals surface area contributed by atoms with Gasteiger partial charge in [0, 0.05) is 6.61 Å². The van der Waals surface area contributed by atoms with E-state index in [1.165, 1.54) is 44.9 Å². The van der Waals surface area contributed by atoms with Crippen molar-refractivity contribution >= 4 is 0 Å². The molecule has 1 heteroatoms. The first kappa shape index (κ1) is 8.55. The Balaban J connectivity index is 1.92. The minimum atomic E-state index is 0.338. The molecule has 0 N–H and O–H groups in total. The van der Waals surface area contributed by atoms with Gasteiger partial charge in [0.2, 0.25) is 0 Å². The normalized spacial score (nSPS) is 43.2. The van der Waals surface area contributed by atoms with Gasteiger partial charge in [0.25, 0.3) is 0 Å². The highest BCUT2D eigenvalue weighted by Crippen LogP contribution is 2.40. The third-order valence-corrected chi connectivity index (χ3v) is 3.62. The smallest absolute Gasteiger partial charge is 0.0682 e. The van der Waals surface area contributed by atoms with Crippen molar-refractivity contribution in [1.29, 1.82) is 0 Å². The topological polar surface area (TPSA) is 9.23 Å². The fourth-order valence-electron chi connectivity index (χ4n) is 2.59. The van der Waals surface area contributed by atoms with Crippen molar-refractivity contribution < 1.29 is 4.74 Å². The van der Waals surface area contributed by atoms with E-state index in [1.807, 2.05) is 0 Å². The Labute approximate surface area is 75.5 Å². The second-order valence-electron chi connectivity index (χ2n) is 4.67. The maximum absolute atomic E-state index is 5.95. The van der Waals surface area contributed by atoms with Crippen LogP contribution in [0.3, 0.4) is 0 Å². The largest absolute Gasteiger partial charge is 0.375 e. The summed E-state index contributed by atoms with van der Waals surface area (Å²) in [7, 11) is 0. The van der Waals surface area contributed by atoms with E-state index in [2.05, 4.69) is 6.92 Å². The van der Waals surface area contributed by atoms with E-state index in [0.717, 1.165) is 12.5 Å². The van der Waals surface area contributed by atoms with Crippen LogP contribution in [0.5, 0.6) is 0 Å². The summed E-state index contributed by atoms with van der Waals surface area (Å²) >= 11 is 0. The molecule has 1 aliphatic heterocycles. The zero-order chi connectivity index (χ0) is 8.44. The van der Waals surface area contributed by atoms with Gasteiger partial charge in [-0.3, -0.25) is 0 Å². The van der Waals surface area contributed by atoms with E-state index >= 15 is 0 Å². The van der Waals surface area contributed by atoms with Gasteiger partial charge in [-0.1, -0.05) is 6.92 Å². The maximum Gasteiger partial charge on any atom is 0.0682 e. The van der Waals surface area contributed by atoms with Crippen LogP contribution in [0.4, 0.5) is 0 Å². The number of rotatable bonds is 0. The van der Waals surface area contributed by atoms with Crippen LogP contribution in [-0.4, -0.2) is 12.2 Å². The third-order valence-electron chi connectivity index (χ3n) is 3.62. The molecule has 0 aromatic heterocycles. The lowest BCUT2D eigenvalue weighted by Crippen LogP contribution is -2.39. The van der Waals surface area contributed by atoms with E-state index in [0.29, 0.717) is 5.60 Å². The Bertz CT molecular complexity index is 137. The van der Waals surface area contributed by atoms with Crippen LogP contribution < -0.4 is 0 Å². The van der Waals surface area contributed by atoms with Gasteiger partial charge in [-0.05, 0) is 50.9 Å². The maximum atomic E-state index is 5.95. The molecule has 12 heavy (non-hydrogen) atoms. The van der Waals surface area contributed by atoms with E-state index in [1.54, 1.807) is 0 Å². The minimum absolute atomic E-state index is 0.338. The van der Waals surface area contributed by atoms with E-state index < -0.39 is 0 Å². The Morgan fingerprint density at radius 2 is 1.83 bits per heavy atom. The monoisotopic (exact) mass is 168 g/mol. The fraction of sp³-hybridized carbons (Fsp3) is 1.00. The SMILES string of the molecule is C[C@H]1CC[C@@]2(CCCCO2)CC1. The summed E-state index contributed by atoms with van der Waals surface area (Å²) in [5.74, 6) is 0.946. The van der Waals surface area contributed by atoms with Crippen molar-refractivity contribution in [1.82, 2.24) is 0 Å². The van der Waals surface area contributed by atoms with Crippen molar-refractivity contribution in [2.24, 2.45) is 5.92 Å². The zero-order valence-electron chi connectivity index (χ0n) is 8.14. The number of hydrogen-bond acceptors (Lipinski definition) is 1. The summed E-state index contributed by atoms with van der Waals surface area (Å²) in [6.07, 6.45) is 9.45. The molecule has 1 spiro atoms. The molecule has 1 saturated heterocycles. The molecule has 2 rings (SSSR count). The summed E-state index contributed by atoms with van der Waals surface area (Å²) in [4.78, 5) is 0. The number of hydrogen-bond donors (Lipinski definition) is 0. The Morgan fingerprint density at radius 3 is 2.42 bits per heavy atom. The highest BCUT2D eigenvalue weighted by Gasteiger charge is 2.36. The van der Waals surface area contributed by atoms with Gasteiger partial charge in [-0.15, -0.1) is 0 Å². The molecule has 0 amide bonds. The minimum Gasteiger partial charge on any atom is -0.375 e. The summed E-state index contributed by atoms with van der Waals surface area (Å²) in [5, 5.41) is 0. The zero-order valence-corrected chi connectivity index (χ0v) is 8.14. The first-order chi connectivity index (χ1) is 5.81. The summed E-state index contributed by atoms with van der Waals surface area (Å²) in [6, 6.07) is 0. The molecule has 0 aromatic carbocycles. The van der Waals surface area contributed by atoms with E-state index in [9.17, 15) is 0 Å². The fourth-order valence-corrected chi connectivity index (χ4v) is 2.59. The first-order valence-corrected chi connectivity index (χ1v) is 5.45. The van der Waals surface area contributed by atoms with Crippen LogP contribution in [0.2, 0.25) is 0 Å². The van der Waals surface area contributed by atoms with E-state index in [-0.39, 0.29) is 0 Å². The standard InChI is InChI=1S/C11H20O/c1-10-4-7-11(8-5-10)6-2-3-9-12-11/h10H,2-9H2,1H3/t10-,11-. The molecular weight excluding hydrogens is 148 g/mol. The summed E-state index contributed by atoms with van der Waals surface area (Å²) in [6.45, 7) is 3.39. The molecule has 1 saturated carbocycles. The molecule has 0 aromatic rings. The molecule has 0 atom stereocenters. The summed E-state index contributed by atoms with van der Waals surface area (Å²) in [5.41, 5.74) is 0.338. The second kappa shape index (κ2) is 3.37. The molecule has 2 aliphatic rings. The van der Waals surface area contributed by atoms with Crippen molar-refractivity contribution in [3.63, 3.8) is 0 Å². The van der Waals surface area contributed by atoms with Crippen LogP contribution in [0.15, 0.2) is 0 Å². The third kappa shape index (κ3) is 1.66. The van der Waals surface area contributed by atoms with Gasteiger partial charge in [0.15, 0.2) is 0 Å². The van der Waals surface area contributed by atoms with Gasteiger partial charge in [0.05, 0.1) is 5.60 Å². The van der Waals surface area contributed by atoms with Gasteiger partial charge in [-0.2, -0.15) is 0 Å². The molecule has 0 bridgehead atoms. The molecule has 0 unspecified atom stereocenters. The lowest BCUT2D eigenvalue weighted by atomic mass is 9.76. The van der Waals surface area contributed by atoms with Gasteiger partial charge >= 0.3 is 0 Å². The second-order valence-corrected chi connectivity index (χ2v) is 4.67. The van der Waals surface area contributed by atoms with Crippen molar-refractivity contribution in [2.75, 3.05) is 6.61 Å². The molecule has 1 nitrogen and oxygen atoms in total. The van der Waals surface area contributed by atoms with Gasteiger partial charge in [0.1, 0.15) is 0 Å². The summed E-state index contributed by atoms with van der Waals surface area (Å²) < 4.78 is 5.95. The van der Waals surface area contributed by atoms with Crippen LogP contribution >= 0.6 is 0 Å². The van der Waals surface area contributed by atoms with Crippen molar-refractivity contribution in [3.8, 4) is 0 Å². The van der Waals surface area contributed by atoms with Crippen molar-refractivity contribution in [3.05, 3.63) is 0 Å². The molecule has 2 fully saturated rings. The highest BCUT2D eigenvalue weighted by atomic mass is 16.5. The van der Waals surface area contributed by atoms with E-state index in [4.69, 9.17) is 4.74 Å². The van der Waals surface area contributed by atoms with Crippen molar-refractivity contribution in [2.45, 2.75) is 57.5 Å². The Kier molecular flexibility index (Phi) is 2.40. The quantitative estimate of drug-likeness (QED) is 0.540. The lowest BCUT2D eigenvalue weighted by Gasteiger charge is -2.42. The average Bonchev–Trinajstić information content (AvgIpc) is 2.13. The predicted octanol–water partition coefficient (Wildman–Crippen LogP) is 3.14. The first-order valence-electron chi connectivity index (χ1n) is 5.45.